The maximum atomic E-state index is 12.5. The number of hydrogen-bond acceptors (Lipinski definition) is 4. The molecule has 2 aromatic rings. The minimum atomic E-state index is -4.87. The van der Waals surface area contributed by atoms with Gasteiger partial charge in [0.25, 0.3) is 0 Å². The Morgan fingerprint density at radius 3 is 2.48 bits per heavy atom. The normalized spacial score (nSPS) is 16.3. The number of likely N-dealkylation sites (N-methyl/N-ethyl adjacent to an activating group) is 1. The second kappa shape index (κ2) is 8.03. The maximum Gasteiger partial charge on any atom is 0.573 e. The number of benzene rings is 2. The van der Waals surface area contributed by atoms with Gasteiger partial charge in [-0.05, 0) is 48.2 Å². The summed E-state index contributed by atoms with van der Waals surface area (Å²) in [6, 6.07) is 11.4. The SMILES string of the molecule is CN(C(=O)CNS(=O)(=O)c1ccc(OC(F)(F)F)cc1)C1CCc2ccccc21. The molecular weight excluding hydrogens is 409 g/mol. The molecule has 1 amide bonds. The molecule has 0 aromatic heterocycles. The lowest BCUT2D eigenvalue weighted by atomic mass is 10.1. The van der Waals surface area contributed by atoms with Gasteiger partial charge in [0.15, 0.2) is 0 Å². The number of nitrogens with one attached hydrogen (secondary N) is 1. The molecular formula is C19H19F3N2O4S. The summed E-state index contributed by atoms with van der Waals surface area (Å²) in [5, 5.41) is 0. The fourth-order valence-corrected chi connectivity index (χ4v) is 4.27. The zero-order valence-electron chi connectivity index (χ0n) is 15.4. The Bertz CT molecular complexity index is 991. The monoisotopic (exact) mass is 428 g/mol. The van der Waals surface area contributed by atoms with Crippen molar-refractivity contribution in [3.05, 3.63) is 59.7 Å². The van der Waals surface area contributed by atoms with E-state index < -0.39 is 34.6 Å². The first-order valence-corrected chi connectivity index (χ1v) is 10.2. The molecule has 1 aliphatic carbocycles. The number of halogens is 3. The number of aryl methyl sites for hydroxylation is 1. The Morgan fingerprint density at radius 2 is 1.83 bits per heavy atom. The highest BCUT2D eigenvalue weighted by Gasteiger charge is 2.31. The summed E-state index contributed by atoms with van der Waals surface area (Å²) in [4.78, 5) is 13.7. The van der Waals surface area contributed by atoms with E-state index in [1.165, 1.54) is 10.5 Å². The number of alkyl halides is 3. The molecule has 0 heterocycles. The molecule has 1 atom stereocenters. The topological polar surface area (TPSA) is 75.7 Å². The van der Waals surface area contributed by atoms with Crippen molar-refractivity contribution in [2.24, 2.45) is 0 Å². The number of rotatable bonds is 6. The van der Waals surface area contributed by atoms with Crippen LogP contribution in [0.5, 0.6) is 5.75 Å². The molecule has 0 spiro atoms. The van der Waals surface area contributed by atoms with Gasteiger partial charge in [-0.1, -0.05) is 24.3 Å². The van der Waals surface area contributed by atoms with Crippen molar-refractivity contribution in [2.45, 2.75) is 30.1 Å². The molecule has 1 N–H and O–H groups in total. The van der Waals surface area contributed by atoms with E-state index in [9.17, 15) is 26.4 Å². The van der Waals surface area contributed by atoms with Gasteiger partial charge in [0.1, 0.15) is 5.75 Å². The Hall–Kier alpha value is -2.59. The molecule has 0 radical (unpaired) electrons. The van der Waals surface area contributed by atoms with Crippen LogP contribution in [0.1, 0.15) is 23.6 Å². The molecule has 6 nitrogen and oxygen atoms in total. The number of ether oxygens (including phenoxy) is 1. The second-order valence-electron chi connectivity index (χ2n) is 6.60. The number of hydrogen-bond donors (Lipinski definition) is 1. The summed E-state index contributed by atoms with van der Waals surface area (Å²) in [7, 11) is -2.45. The average molecular weight is 428 g/mol. The smallest absolute Gasteiger partial charge is 0.406 e. The van der Waals surface area contributed by atoms with E-state index in [0.29, 0.717) is 0 Å². The predicted molar refractivity (Wildman–Crippen MR) is 98.6 cm³/mol. The molecule has 0 saturated carbocycles. The Kier molecular flexibility index (Phi) is 5.85. The van der Waals surface area contributed by atoms with Gasteiger partial charge in [0.05, 0.1) is 17.5 Å². The molecule has 0 saturated heterocycles. The fraction of sp³-hybridized carbons (Fsp3) is 0.316. The molecule has 0 fully saturated rings. The fourth-order valence-electron chi connectivity index (χ4n) is 3.30. The number of carbonyl (C=O) groups is 1. The minimum Gasteiger partial charge on any atom is -0.406 e. The van der Waals surface area contributed by atoms with Gasteiger partial charge < -0.3 is 9.64 Å². The van der Waals surface area contributed by atoms with Crippen molar-refractivity contribution in [3.63, 3.8) is 0 Å². The van der Waals surface area contributed by atoms with Gasteiger partial charge in [0.2, 0.25) is 15.9 Å². The van der Waals surface area contributed by atoms with Crippen LogP contribution in [0.2, 0.25) is 0 Å². The molecule has 1 aliphatic rings. The van der Waals surface area contributed by atoms with Crippen LogP contribution >= 0.6 is 0 Å². The summed E-state index contributed by atoms with van der Waals surface area (Å²) < 4.78 is 67.1. The molecule has 10 heteroatoms. The molecule has 0 bridgehead atoms. The number of amides is 1. The molecule has 3 rings (SSSR count). The van der Waals surface area contributed by atoms with Gasteiger partial charge in [0, 0.05) is 7.05 Å². The van der Waals surface area contributed by atoms with Crippen LogP contribution in [0.15, 0.2) is 53.4 Å². The van der Waals surface area contributed by atoms with E-state index in [-0.39, 0.29) is 10.9 Å². The van der Waals surface area contributed by atoms with E-state index in [1.54, 1.807) is 7.05 Å². The van der Waals surface area contributed by atoms with Crippen molar-refractivity contribution in [1.82, 2.24) is 9.62 Å². The highest BCUT2D eigenvalue weighted by Crippen LogP contribution is 2.34. The largest absolute Gasteiger partial charge is 0.573 e. The Balaban J connectivity index is 1.62. The summed E-state index contributed by atoms with van der Waals surface area (Å²) in [6.45, 7) is -0.460. The molecule has 1 unspecified atom stereocenters. The van der Waals surface area contributed by atoms with Gasteiger partial charge in [-0.3, -0.25) is 4.79 Å². The second-order valence-corrected chi connectivity index (χ2v) is 8.37. The molecule has 0 aliphatic heterocycles. The lowest BCUT2D eigenvalue weighted by Gasteiger charge is -2.25. The van der Waals surface area contributed by atoms with Gasteiger partial charge in [-0.15, -0.1) is 13.2 Å². The first-order chi connectivity index (χ1) is 13.6. The standard InChI is InChI=1S/C19H19F3N2O4S/c1-24(17-11-6-13-4-2-3-5-16(13)17)18(25)12-23-29(26,27)15-9-7-14(8-10-15)28-19(20,21)22/h2-5,7-10,17,23H,6,11-12H2,1H3. The van der Waals surface area contributed by atoms with Crippen LogP contribution in [0.3, 0.4) is 0 Å². The van der Waals surface area contributed by atoms with Crippen molar-refractivity contribution in [1.29, 1.82) is 0 Å². The van der Waals surface area contributed by atoms with E-state index >= 15 is 0 Å². The average Bonchev–Trinajstić information content (AvgIpc) is 3.09. The highest BCUT2D eigenvalue weighted by atomic mass is 32.2. The van der Waals surface area contributed by atoms with Crippen LogP contribution in [-0.4, -0.2) is 39.2 Å². The number of fused-ring (bicyclic) bond motifs is 1. The van der Waals surface area contributed by atoms with Crippen LogP contribution < -0.4 is 9.46 Å². The molecule has 29 heavy (non-hydrogen) atoms. The Morgan fingerprint density at radius 1 is 1.17 bits per heavy atom. The summed E-state index contributed by atoms with van der Waals surface area (Å²) in [5.74, 6) is -0.945. The van der Waals surface area contributed by atoms with Crippen LogP contribution in [0, 0.1) is 0 Å². The van der Waals surface area contributed by atoms with E-state index in [2.05, 4.69) is 9.46 Å². The van der Waals surface area contributed by atoms with Crippen molar-refractivity contribution < 1.29 is 31.1 Å². The first kappa shape index (κ1) is 21.1. The summed E-state index contributed by atoms with van der Waals surface area (Å²) in [5.41, 5.74) is 2.21. The quantitative estimate of drug-likeness (QED) is 0.768. The molecule has 156 valence electrons. The number of carbonyl (C=O) groups excluding carboxylic acids is 1. The number of nitrogens with zero attached hydrogens (tertiary/aromatic N) is 1. The third kappa shape index (κ3) is 5.07. The van der Waals surface area contributed by atoms with Crippen LogP contribution in [0.25, 0.3) is 0 Å². The summed E-state index contributed by atoms with van der Waals surface area (Å²) >= 11 is 0. The Labute approximate surface area is 166 Å². The van der Waals surface area contributed by atoms with Gasteiger partial charge in [-0.25, -0.2) is 13.1 Å². The predicted octanol–water partition coefficient (Wildman–Crippen LogP) is 3.01. The lowest BCUT2D eigenvalue weighted by molar-refractivity contribution is -0.274. The van der Waals surface area contributed by atoms with Crippen molar-refractivity contribution in [3.8, 4) is 5.75 Å². The number of sulfonamides is 1. The lowest BCUT2D eigenvalue weighted by Crippen LogP contribution is -2.39. The zero-order chi connectivity index (χ0) is 21.2. The third-order valence-electron chi connectivity index (χ3n) is 4.74. The first-order valence-electron chi connectivity index (χ1n) is 8.76. The van der Waals surface area contributed by atoms with E-state index in [1.807, 2.05) is 24.3 Å². The third-order valence-corrected chi connectivity index (χ3v) is 6.16. The van der Waals surface area contributed by atoms with Gasteiger partial charge >= 0.3 is 6.36 Å². The van der Waals surface area contributed by atoms with Gasteiger partial charge in [-0.2, -0.15) is 0 Å². The molecule has 2 aromatic carbocycles. The minimum absolute atomic E-state index is 0.123. The van der Waals surface area contributed by atoms with E-state index in [0.717, 1.165) is 42.7 Å². The van der Waals surface area contributed by atoms with E-state index in [4.69, 9.17) is 0 Å². The van der Waals surface area contributed by atoms with Crippen LogP contribution in [-0.2, 0) is 21.2 Å². The van der Waals surface area contributed by atoms with Crippen molar-refractivity contribution >= 4 is 15.9 Å². The maximum absolute atomic E-state index is 12.5. The van der Waals surface area contributed by atoms with Crippen LogP contribution in [0.4, 0.5) is 13.2 Å². The summed E-state index contributed by atoms with van der Waals surface area (Å²) in [6.07, 6.45) is -3.26. The van der Waals surface area contributed by atoms with Crippen molar-refractivity contribution in [2.75, 3.05) is 13.6 Å². The zero-order valence-corrected chi connectivity index (χ0v) is 16.3. The highest BCUT2D eigenvalue weighted by molar-refractivity contribution is 7.89.